The molecule has 1 unspecified atom stereocenters. The van der Waals surface area contributed by atoms with E-state index in [0.29, 0.717) is 12.5 Å². The predicted molar refractivity (Wildman–Crippen MR) is 74.3 cm³/mol. The van der Waals surface area contributed by atoms with Crippen molar-refractivity contribution in [2.75, 3.05) is 11.9 Å². The molecule has 100 valence electrons. The zero-order valence-electron chi connectivity index (χ0n) is 11.7. The topological polar surface area (TPSA) is 68.0 Å². The highest BCUT2D eigenvalue weighted by Crippen LogP contribution is 2.16. The van der Waals surface area contributed by atoms with Gasteiger partial charge in [-0.05, 0) is 38.3 Å². The van der Waals surface area contributed by atoms with Gasteiger partial charge in [0.05, 0.1) is 17.3 Å². The first-order valence-corrected chi connectivity index (χ1v) is 6.39. The molecule has 1 aromatic rings. The molecule has 0 radical (unpaired) electrons. The van der Waals surface area contributed by atoms with Crippen LogP contribution in [0.3, 0.4) is 0 Å². The van der Waals surface area contributed by atoms with E-state index in [0.717, 1.165) is 23.5 Å². The lowest BCUT2D eigenvalue weighted by molar-refractivity contribution is -0.120. The summed E-state index contributed by atoms with van der Waals surface area (Å²) < 4.78 is 0. The summed E-state index contributed by atoms with van der Waals surface area (Å²) in [4.78, 5) is 16.4. The lowest BCUT2D eigenvalue weighted by atomic mass is 9.96. The Kier molecular flexibility index (Phi) is 5.28. The van der Waals surface area contributed by atoms with E-state index in [1.54, 1.807) is 0 Å². The molecule has 4 nitrogen and oxygen atoms in total. The molecule has 1 rings (SSSR count). The van der Waals surface area contributed by atoms with Gasteiger partial charge in [0.15, 0.2) is 0 Å². The molecule has 3 N–H and O–H groups in total. The summed E-state index contributed by atoms with van der Waals surface area (Å²) >= 11 is 0. The number of aromatic nitrogens is 1. The molecule has 0 saturated heterocycles. The Morgan fingerprint density at radius 3 is 2.56 bits per heavy atom. The van der Waals surface area contributed by atoms with Crippen molar-refractivity contribution in [1.82, 2.24) is 4.98 Å². The number of carbonyl (C=O) groups excluding carboxylic acids is 1. The number of anilines is 1. The average molecular weight is 249 g/mol. The van der Waals surface area contributed by atoms with Gasteiger partial charge < -0.3 is 11.1 Å². The summed E-state index contributed by atoms with van der Waals surface area (Å²) in [7, 11) is 0. The fourth-order valence-corrected chi connectivity index (χ4v) is 1.93. The average Bonchev–Trinajstić information content (AvgIpc) is 2.29. The Hall–Kier alpha value is -1.42. The summed E-state index contributed by atoms with van der Waals surface area (Å²) in [5.74, 6) is 0.312. The monoisotopic (exact) mass is 249 g/mol. The van der Waals surface area contributed by atoms with Gasteiger partial charge in [-0.1, -0.05) is 13.8 Å². The van der Waals surface area contributed by atoms with E-state index >= 15 is 0 Å². The van der Waals surface area contributed by atoms with Crippen LogP contribution in [0.4, 0.5) is 5.69 Å². The molecule has 1 aromatic heterocycles. The number of aryl methyl sites for hydroxylation is 2. The zero-order chi connectivity index (χ0) is 13.7. The standard InChI is InChI=1S/C14H23N3O/c1-9(2)7-12(8-15)14(18)17-13-6-5-10(3)16-11(13)4/h5-6,9,12H,7-8,15H2,1-4H3,(H,17,18). The second kappa shape index (κ2) is 6.50. The second-order valence-electron chi connectivity index (χ2n) is 5.14. The molecule has 0 saturated carbocycles. The van der Waals surface area contributed by atoms with Crippen LogP contribution in [-0.4, -0.2) is 17.4 Å². The molecular weight excluding hydrogens is 226 g/mol. The van der Waals surface area contributed by atoms with Crippen LogP contribution in [0.2, 0.25) is 0 Å². The van der Waals surface area contributed by atoms with Crippen LogP contribution in [0.15, 0.2) is 12.1 Å². The third-order valence-electron chi connectivity index (χ3n) is 2.89. The number of nitrogens with zero attached hydrogens (tertiary/aromatic N) is 1. The lowest BCUT2D eigenvalue weighted by Crippen LogP contribution is -2.30. The molecule has 4 heteroatoms. The van der Waals surface area contributed by atoms with Gasteiger partial charge in [-0.3, -0.25) is 9.78 Å². The number of rotatable bonds is 5. The Labute approximate surface area is 109 Å². The van der Waals surface area contributed by atoms with Crippen molar-refractivity contribution in [3.63, 3.8) is 0 Å². The Balaban J connectivity index is 2.73. The van der Waals surface area contributed by atoms with E-state index in [9.17, 15) is 4.79 Å². The fraction of sp³-hybridized carbons (Fsp3) is 0.571. The molecular formula is C14H23N3O. The van der Waals surface area contributed by atoms with E-state index < -0.39 is 0 Å². The number of hydrogen-bond acceptors (Lipinski definition) is 3. The van der Waals surface area contributed by atoms with Crippen LogP contribution in [0.25, 0.3) is 0 Å². The molecule has 0 aliphatic carbocycles. The van der Waals surface area contributed by atoms with Crippen LogP contribution < -0.4 is 11.1 Å². The minimum Gasteiger partial charge on any atom is -0.330 e. The Morgan fingerprint density at radius 1 is 1.39 bits per heavy atom. The third-order valence-corrected chi connectivity index (χ3v) is 2.89. The normalized spacial score (nSPS) is 12.6. The second-order valence-corrected chi connectivity index (χ2v) is 5.14. The van der Waals surface area contributed by atoms with E-state index in [1.807, 2.05) is 26.0 Å². The number of amides is 1. The lowest BCUT2D eigenvalue weighted by Gasteiger charge is -2.17. The van der Waals surface area contributed by atoms with Crippen LogP contribution in [0.1, 0.15) is 31.7 Å². The van der Waals surface area contributed by atoms with Crippen LogP contribution in [-0.2, 0) is 4.79 Å². The summed E-state index contributed by atoms with van der Waals surface area (Å²) in [6, 6.07) is 3.78. The Morgan fingerprint density at radius 2 is 2.06 bits per heavy atom. The summed E-state index contributed by atoms with van der Waals surface area (Å²) in [5.41, 5.74) is 8.22. The first-order valence-electron chi connectivity index (χ1n) is 6.39. The van der Waals surface area contributed by atoms with Gasteiger partial charge in [0.1, 0.15) is 0 Å². The molecule has 1 amide bonds. The van der Waals surface area contributed by atoms with Crippen LogP contribution in [0, 0.1) is 25.7 Å². The van der Waals surface area contributed by atoms with Crippen molar-refractivity contribution in [3.05, 3.63) is 23.5 Å². The number of nitrogens with one attached hydrogen (secondary N) is 1. The minimum absolute atomic E-state index is 0.0139. The van der Waals surface area contributed by atoms with Gasteiger partial charge >= 0.3 is 0 Å². The van der Waals surface area contributed by atoms with Gasteiger partial charge in [0, 0.05) is 12.2 Å². The van der Waals surface area contributed by atoms with Gasteiger partial charge in [0.2, 0.25) is 5.91 Å². The number of carbonyl (C=O) groups is 1. The highest BCUT2D eigenvalue weighted by atomic mass is 16.1. The molecule has 1 heterocycles. The minimum atomic E-state index is -0.134. The van der Waals surface area contributed by atoms with Crippen molar-refractivity contribution in [2.24, 2.45) is 17.6 Å². The first kappa shape index (κ1) is 14.6. The highest BCUT2D eigenvalue weighted by molar-refractivity contribution is 5.93. The molecule has 1 atom stereocenters. The van der Waals surface area contributed by atoms with Gasteiger partial charge in [-0.2, -0.15) is 0 Å². The SMILES string of the molecule is Cc1ccc(NC(=O)C(CN)CC(C)C)c(C)n1. The van der Waals surface area contributed by atoms with Crippen LogP contribution in [0.5, 0.6) is 0 Å². The fourth-order valence-electron chi connectivity index (χ4n) is 1.93. The van der Waals surface area contributed by atoms with Gasteiger partial charge in [-0.15, -0.1) is 0 Å². The van der Waals surface area contributed by atoms with E-state index in [-0.39, 0.29) is 11.8 Å². The maximum Gasteiger partial charge on any atom is 0.228 e. The molecule has 0 fully saturated rings. The van der Waals surface area contributed by atoms with Crippen molar-refractivity contribution in [1.29, 1.82) is 0 Å². The van der Waals surface area contributed by atoms with E-state index in [1.165, 1.54) is 0 Å². The quantitative estimate of drug-likeness (QED) is 0.841. The first-order chi connectivity index (χ1) is 8.43. The number of pyridine rings is 1. The van der Waals surface area contributed by atoms with Gasteiger partial charge in [0.25, 0.3) is 0 Å². The summed E-state index contributed by atoms with van der Waals surface area (Å²) in [5, 5.41) is 2.91. The van der Waals surface area contributed by atoms with Crippen molar-refractivity contribution >= 4 is 11.6 Å². The van der Waals surface area contributed by atoms with Crippen molar-refractivity contribution < 1.29 is 4.79 Å². The molecule has 0 spiro atoms. The zero-order valence-corrected chi connectivity index (χ0v) is 11.7. The summed E-state index contributed by atoms with van der Waals surface area (Å²) in [6.07, 6.45) is 0.806. The maximum atomic E-state index is 12.1. The van der Waals surface area contributed by atoms with E-state index in [2.05, 4.69) is 24.1 Å². The smallest absolute Gasteiger partial charge is 0.228 e. The summed E-state index contributed by atoms with van der Waals surface area (Å²) in [6.45, 7) is 8.38. The molecule has 0 aliphatic heterocycles. The molecule has 0 aromatic carbocycles. The largest absolute Gasteiger partial charge is 0.330 e. The van der Waals surface area contributed by atoms with Gasteiger partial charge in [-0.25, -0.2) is 0 Å². The van der Waals surface area contributed by atoms with Crippen molar-refractivity contribution in [3.8, 4) is 0 Å². The maximum absolute atomic E-state index is 12.1. The van der Waals surface area contributed by atoms with E-state index in [4.69, 9.17) is 5.73 Å². The highest BCUT2D eigenvalue weighted by Gasteiger charge is 2.18. The molecule has 18 heavy (non-hydrogen) atoms. The number of nitrogens with two attached hydrogens (primary N) is 1. The predicted octanol–water partition coefficient (Wildman–Crippen LogP) is 2.26. The third kappa shape index (κ3) is 4.11. The Bertz CT molecular complexity index is 416. The number of hydrogen-bond donors (Lipinski definition) is 2. The molecule has 0 bridgehead atoms. The van der Waals surface area contributed by atoms with Crippen LogP contribution >= 0.6 is 0 Å². The van der Waals surface area contributed by atoms with Crippen molar-refractivity contribution in [2.45, 2.75) is 34.1 Å². The molecule has 0 aliphatic rings.